The van der Waals surface area contributed by atoms with Gasteiger partial charge >= 0.3 is 0 Å². The maximum absolute atomic E-state index is 5.68. The Labute approximate surface area is 125 Å². The average Bonchev–Trinajstić information content (AvgIpc) is 2.91. The lowest BCUT2D eigenvalue weighted by molar-refractivity contribution is -0.0921. The highest BCUT2D eigenvalue weighted by Gasteiger charge is 2.22. The van der Waals surface area contributed by atoms with Gasteiger partial charge in [-0.3, -0.25) is 9.98 Å². The number of rotatable bonds is 3. The monoisotopic (exact) mass is 338 g/mol. The van der Waals surface area contributed by atoms with Crippen LogP contribution in [0, 0.1) is 0 Å². The summed E-state index contributed by atoms with van der Waals surface area (Å²) in [4.78, 5) is 13.1. The number of hydrogen-bond acceptors (Lipinski definition) is 6. The fraction of sp³-hybridized carbons (Fsp3) is 0.462. The Balaban J connectivity index is 1.68. The van der Waals surface area contributed by atoms with Crippen molar-refractivity contribution < 1.29 is 9.47 Å². The molecule has 1 saturated heterocycles. The first-order chi connectivity index (χ1) is 9.72. The molecule has 20 heavy (non-hydrogen) atoms. The van der Waals surface area contributed by atoms with E-state index < -0.39 is 0 Å². The first-order valence-electron chi connectivity index (χ1n) is 6.44. The molecule has 1 aromatic heterocycles. The number of nitrogen functional groups attached to an aromatic ring is 1. The summed E-state index contributed by atoms with van der Waals surface area (Å²) in [5.41, 5.74) is 7.40. The highest BCUT2D eigenvalue weighted by Crippen LogP contribution is 2.20. The number of aliphatic imine (C=N–C) groups is 2. The van der Waals surface area contributed by atoms with E-state index in [1.807, 2.05) is 6.07 Å². The predicted octanol–water partition coefficient (Wildman–Crippen LogP) is 1.43. The molecule has 2 N–H and O–H groups in total. The van der Waals surface area contributed by atoms with Gasteiger partial charge in [0.15, 0.2) is 0 Å². The zero-order valence-electron chi connectivity index (χ0n) is 10.8. The second-order valence-electron chi connectivity index (χ2n) is 4.67. The number of aromatic nitrogens is 1. The van der Waals surface area contributed by atoms with E-state index in [2.05, 4.69) is 30.9 Å². The predicted molar refractivity (Wildman–Crippen MR) is 80.3 cm³/mol. The maximum Gasteiger partial charge on any atom is 0.143 e. The van der Waals surface area contributed by atoms with Gasteiger partial charge in [0.25, 0.3) is 0 Å². The van der Waals surface area contributed by atoms with Crippen molar-refractivity contribution in [1.82, 2.24) is 4.98 Å². The van der Waals surface area contributed by atoms with Crippen molar-refractivity contribution in [3.63, 3.8) is 0 Å². The highest BCUT2D eigenvalue weighted by molar-refractivity contribution is 9.10. The molecular formula is C13H15BrN4O2. The third-order valence-electron chi connectivity index (χ3n) is 3.18. The van der Waals surface area contributed by atoms with E-state index in [0.717, 1.165) is 22.2 Å². The van der Waals surface area contributed by atoms with Crippen LogP contribution >= 0.6 is 15.9 Å². The summed E-state index contributed by atoms with van der Waals surface area (Å²) in [5, 5.41) is 0. The van der Waals surface area contributed by atoms with E-state index in [9.17, 15) is 0 Å². The van der Waals surface area contributed by atoms with E-state index in [-0.39, 0.29) is 12.3 Å². The van der Waals surface area contributed by atoms with Crippen molar-refractivity contribution >= 4 is 33.7 Å². The van der Waals surface area contributed by atoms with E-state index in [1.54, 1.807) is 12.4 Å². The minimum Gasteiger partial charge on any atom is -0.383 e. The van der Waals surface area contributed by atoms with Gasteiger partial charge in [0, 0.05) is 24.4 Å². The molecule has 2 aliphatic heterocycles. The third-order valence-corrected chi connectivity index (χ3v) is 3.82. The van der Waals surface area contributed by atoms with Crippen LogP contribution in [-0.4, -0.2) is 49.0 Å². The molecule has 1 unspecified atom stereocenters. The number of halogens is 1. The lowest BCUT2D eigenvalue weighted by atomic mass is 10.2. The molecule has 0 aromatic carbocycles. The molecule has 3 rings (SSSR count). The Morgan fingerprint density at radius 2 is 2.30 bits per heavy atom. The smallest absolute Gasteiger partial charge is 0.143 e. The van der Waals surface area contributed by atoms with Crippen LogP contribution in [0.2, 0.25) is 0 Å². The maximum atomic E-state index is 5.68. The molecule has 0 saturated carbocycles. The van der Waals surface area contributed by atoms with Crippen molar-refractivity contribution in [2.75, 3.05) is 25.6 Å². The number of nitrogens with two attached hydrogens (primary N) is 1. The van der Waals surface area contributed by atoms with E-state index >= 15 is 0 Å². The van der Waals surface area contributed by atoms with Crippen LogP contribution in [0.4, 0.5) is 5.82 Å². The molecule has 2 atom stereocenters. The largest absolute Gasteiger partial charge is 0.383 e. The molecule has 3 heterocycles. The Morgan fingerprint density at radius 3 is 3.05 bits per heavy atom. The summed E-state index contributed by atoms with van der Waals surface area (Å²) in [6.45, 7) is 1.93. The third kappa shape index (κ3) is 3.05. The fourth-order valence-electron chi connectivity index (χ4n) is 2.14. The summed E-state index contributed by atoms with van der Waals surface area (Å²) < 4.78 is 11.8. The zero-order valence-corrected chi connectivity index (χ0v) is 12.4. The van der Waals surface area contributed by atoms with Crippen molar-refractivity contribution in [2.24, 2.45) is 9.98 Å². The molecule has 6 nitrogen and oxygen atoms in total. The van der Waals surface area contributed by atoms with Crippen LogP contribution in [-0.2, 0) is 9.47 Å². The molecule has 1 fully saturated rings. The molecule has 0 bridgehead atoms. The highest BCUT2D eigenvalue weighted by atomic mass is 79.9. The summed E-state index contributed by atoms with van der Waals surface area (Å²) >= 11 is 3.36. The van der Waals surface area contributed by atoms with Gasteiger partial charge in [-0.1, -0.05) is 0 Å². The van der Waals surface area contributed by atoms with Gasteiger partial charge in [-0.05, 0) is 22.0 Å². The van der Waals surface area contributed by atoms with Crippen LogP contribution < -0.4 is 5.73 Å². The van der Waals surface area contributed by atoms with Crippen LogP contribution in [0.25, 0.3) is 0 Å². The quantitative estimate of drug-likeness (QED) is 0.903. The summed E-state index contributed by atoms with van der Waals surface area (Å²) in [6.07, 6.45) is 4.18. The number of ether oxygens (including phenoxy) is 2. The van der Waals surface area contributed by atoms with E-state index in [0.29, 0.717) is 25.6 Å². The molecular weight excluding hydrogens is 324 g/mol. The number of pyridine rings is 1. The van der Waals surface area contributed by atoms with Crippen LogP contribution in [0.15, 0.2) is 26.7 Å². The van der Waals surface area contributed by atoms with Gasteiger partial charge in [0.05, 0.1) is 36.1 Å². The lowest BCUT2D eigenvalue weighted by Crippen LogP contribution is -2.30. The van der Waals surface area contributed by atoms with Gasteiger partial charge in [0.2, 0.25) is 0 Å². The molecule has 1 aromatic rings. The Hall–Kier alpha value is -1.31. The molecule has 0 aliphatic carbocycles. The minimum absolute atomic E-state index is 0.0743. The molecule has 0 radical (unpaired) electrons. The van der Waals surface area contributed by atoms with E-state index in [1.165, 1.54) is 0 Å². The van der Waals surface area contributed by atoms with Crippen LogP contribution in [0.1, 0.15) is 12.0 Å². The molecule has 0 spiro atoms. The normalized spacial score (nSPS) is 25.8. The van der Waals surface area contributed by atoms with Crippen molar-refractivity contribution in [3.05, 3.63) is 22.3 Å². The van der Waals surface area contributed by atoms with Gasteiger partial charge in [0.1, 0.15) is 12.0 Å². The average molecular weight is 339 g/mol. The molecule has 0 amide bonds. The Kier molecular flexibility index (Phi) is 4.09. The first-order valence-corrected chi connectivity index (χ1v) is 7.23. The molecule has 7 heteroatoms. The Bertz CT molecular complexity index is 555. The summed E-state index contributed by atoms with van der Waals surface area (Å²) in [5.74, 6) is 0.466. The Morgan fingerprint density at radius 1 is 1.40 bits per heavy atom. The minimum atomic E-state index is -0.104. The van der Waals surface area contributed by atoms with Gasteiger partial charge < -0.3 is 15.2 Å². The topological polar surface area (TPSA) is 82.1 Å². The van der Waals surface area contributed by atoms with Crippen molar-refractivity contribution in [2.45, 2.75) is 18.7 Å². The number of hydrogen-bond donors (Lipinski definition) is 1. The zero-order chi connectivity index (χ0) is 13.9. The summed E-state index contributed by atoms with van der Waals surface area (Å²) in [6, 6.07) is 1.90. The first kappa shape index (κ1) is 13.7. The van der Waals surface area contributed by atoms with Crippen LogP contribution in [0.3, 0.4) is 0 Å². The summed E-state index contributed by atoms with van der Waals surface area (Å²) in [7, 11) is 0. The van der Waals surface area contributed by atoms with Crippen molar-refractivity contribution in [3.8, 4) is 0 Å². The SMILES string of the molecule is Nc1ncc(C2=NC(C[C@H]3COCCO3)N=C2)cc1Br. The second kappa shape index (κ2) is 5.99. The second-order valence-corrected chi connectivity index (χ2v) is 5.52. The van der Waals surface area contributed by atoms with E-state index in [4.69, 9.17) is 15.2 Å². The molecule has 106 valence electrons. The number of nitrogens with zero attached hydrogens (tertiary/aromatic N) is 3. The number of anilines is 1. The molecule has 2 aliphatic rings. The van der Waals surface area contributed by atoms with Gasteiger partial charge in [-0.15, -0.1) is 0 Å². The lowest BCUT2D eigenvalue weighted by Gasteiger charge is -2.23. The van der Waals surface area contributed by atoms with Gasteiger partial charge in [-0.2, -0.15) is 0 Å². The van der Waals surface area contributed by atoms with Gasteiger partial charge in [-0.25, -0.2) is 4.98 Å². The van der Waals surface area contributed by atoms with Crippen LogP contribution in [0.5, 0.6) is 0 Å². The fourth-order valence-corrected chi connectivity index (χ4v) is 2.49. The standard InChI is InChI=1S/C13H15BrN4O2/c14-10-3-8(5-17-13(10)15)11-6-16-12(18-11)4-9-7-19-1-2-20-9/h3,5-6,9,12H,1-2,4,7H2,(H2,15,17)/t9-,12?/m0/s1. The van der Waals surface area contributed by atoms with Crippen molar-refractivity contribution in [1.29, 1.82) is 0 Å².